The molecule has 0 bridgehead atoms. The molecule has 0 aromatic heterocycles. The van der Waals surface area contributed by atoms with E-state index in [9.17, 15) is 24.5 Å². The average molecular weight is 591 g/mol. The normalized spacial score (nSPS) is 18.8. The number of methoxy groups -OCH3 is 1. The van der Waals surface area contributed by atoms with E-state index in [-0.39, 0.29) is 21.8 Å². The van der Waals surface area contributed by atoms with Crippen molar-refractivity contribution in [2.75, 3.05) is 12.0 Å². The number of carbonyl (C=O) groups is 3. The topological polar surface area (TPSA) is 110 Å². The van der Waals surface area contributed by atoms with Crippen molar-refractivity contribution in [3.63, 3.8) is 0 Å². The molecule has 0 spiro atoms. The molecule has 9 nitrogen and oxygen atoms in total. The van der Waals surface area contributed by atoms with Crippen LogP contribution < -0.4 is 9.64 Å². The van der Waals surface area contributed by atoms with Crippen molar-refractivity contribution < 1.29 is 24.0 Å². The van der Waals surface area contributed by atoms with Gasteiger partial charge in [0.2, 0.25) is 0 Å². The van der Waals surface area contributed by atoms with Crippen molar-refractivity contribution in [2.45, 2.75) is 12.1 Å². The van der Waals surface area contributed by atoms with E-state index in [1.165, 1.54) is 30.2 Å². The standard InChI is InChI=1S/C24H14BrCl2N3O6/c1-36-19-7-2-11(25)8-16(19)20-21(24(33)28(20)12-4-6-17(26)18(27)10-12)29-22(31)14-5-3-13(30(34)35)9-15(14)23(29)32/h2-10,20-21H,1H3/t20-,21+/m1/s1. The molecule has 0 N–H and O–H groups in total. The summed E-state index contributed by atoms with van der Waals surface area (Å²) in [6.45, 7) is 0. The second-order valence-electron chi connectivity index (χ2n) is 8.05. The summed E-state index contributed by atoms with van der Waals surface area (Å²) in [7, 11) is 1.47. The molecular weight excluding hydrogens is 577 g/mol. The van der Waals surface area contributed by atoms with Gasteiger partial charge in [-0.2, -0.15) is 0 Å². The highest BCUT2D eigenvalue weighted by Crippen LogP contribution is 2.48. The minimum atomic E-state index is -1.23. The lowest BCUT2D eigenvalue weighted by atomic mass is 9.85. The van der Waals surface area contributed by atoms with Gasteiger partial charge in [-0.05, 0) is 42.5 Å². The fourth-order valence-corrected chi connectivity index (χ4v) is 5.18. The Morgan fingerprint density at radius 3 is 2.28 bits per heavy atom. The highest BCUT2D eigenvalue weighted by molar-refractivity contribution is 9.10. The zero-order valence-corrected chi connectivity index (χ0v) is 21.4. The molecule has 0 saturated carbocycles. The van der Waals surface area contributed by atoms with E-state index in [1.54, 1.807) is 24.3 Å². The molecule has 5 rings (SSSR count). The number of hydrogen-bond donors (Lipinski definition) is 0. The number of amides is 3. The Morgan fingerprint density at radius 2 is 1.61 bits per heavy atom. The van der Waals surface area contributed by atoms with Crippen LogP contribution in [0.5, 0.6) is 5.75 Å². The lowest BCUT2D eigenvalue weighted by Crippen LogP contribution is -2.67. The maximum Gasteiger partial charge on any atom is 0.270 e. The number of β-lactam (4-membered cyclic amide) rings is 1. The van der Waals surface area contributed by atoms with Crippen LogP contribution in [0.25, 0.3) is 0 Å². The van der Waals surface area contributed by atoms with Crippen LogP contribution in [0.3, 0.4) is 0 Å². The third kappa shape index (κ3) is 3.64. The molecule has 2 heterocycles. The van der Waals surface area contributed by atoms with Gasteiger partial charge >= 0.3 is 0 Å². The van der Waals surface area contributed by atoms with Gasteiger partial charge in [0.1, 0.15) is 11.8 Å². The first-order chi connectivity index (χ1) is 17.1. The van der Waals surface area contributed by atoms with E-state index in [0.717, 1.165) is 17.0 Å². The van der Waals surface area contributed by atoms with Crippen LogP contribution in [0.1, 0.15) is 32.3 Å². The number of nitrogens with zero attached hydrogens (tertiary/aromatic N) is 3. The second-order valence-corrected chi connectivity index (χ2v) is 9.78. The van der Waals surface area contributed by atoms with Gasteiger partial charge in [-0.15, -0.1) is 0 Å². The molecule has 0 unspecified atom stereocenters. The van der Waals surface area contributed by atoms with Crippen LogP contribution >= 0.6 is 39.1 Å². The highest BCUT2D eigenvalue weighted by atomic mass is 79.9. The number of ether oxygens (including phenoxy) is 1. The van der Waals surface area contributed by atoms with Crippen LogP contribution in [0.4, 0.5) is 11.4 Å². The number of benzene rings is 3. The van der Waals surface area contributed by atoms with Gasteiger partial charge in [-0.3, -0.25) is 29.4 Å². The Hall–Kier alpha value is -3.47. The first-order valence-corrected chi connectivity index (χ1v) is 12.0. The number of nitro benzene ring substituents is 1. The minimum absolute atomic E-state index is 0.00801. The molecule has 3 amide bonds. The van der Waals surface area contributed by atoms with Crippen molar-refractivity contribution >= 4 is 68.2 Å². The predicted octanol–water partition coefficient (Wildman–Crippen LogP) is 5.43. The van der Waals surface area contributed by atoms with Crippen molar-refractivity contribution in [1.82, 2.24) is 4.90 Å². The zero-order chi connectivity index (χ0) is 25.9. The number of anilines is 1. The molecule has 182 valence electrons. The largest absolute Gasteiger partial charge is 0.496 e. The zero-order valence-electron chi connectivity index (χ0n) is 18.3. The van der Waals surface area contributed by atoms with E-state index in [0.29, 0.717) is 26.5 Å². The first-order valence-electron chi connectivity index (χ1n) is 10.4. The van der Waals surface area contributed by atoms with E-state index in [1.807, 2.05) is 0 Å². The number of non-ortho nitro benzene ring substituents is 1. The molecule has 2 aliphatic rings. The fraction of sp³-hybridized carbons (Fsp3) is 0.125. The maximum absolute atomic E-state index is 13.6. The van der Waals surface area contributed by atoms with Crippen LogP contribution in [0.2, 0.25) is 10.0 Å². The van der Waals surface area contributed by atoms with E-state index in [4.69, 9.17) is 27.9 Å². The summed E-state index contributed by atoms with van der Waals surface area (Å²) in [4.78, 5) is 53.0. The van der Waals surface area contributed by atoms with Gasteiger partial charge in [0, 0.05) is 27.9 Å². The Morgan fingerprint density at radius 1 is 0.889 bits per heavy atom. The summed E-state index contributed by atoms with van der Waals surface area (Å²) in [5, 5.41) is 11.7. The quantitative estimate of drug-likeness (QED) is 0.170. The number of imide groups is 1. The fourth-order valence-electron chi connectivity index (χ4n) is 4.51. The summed E-state index contributed by atoms with van der Waals surface area (Å²) in [5.74, 6) is -1.61. The average Bonchev–Trinajstić information content (AvgIpc) is 3.09. The molecule has 3 aromatic rings. The Labute approximate surface area is 222 Å². The van der Waals surface area contributed by atoms with Crippen molar-refractivity contribution in [1.29, 1.82) is 0 Å². The molecule has 2 atom stereocenters. The molecule has 2 aliphatic heterocycles. The van der Waals surface area contributed by atoms with Gasteiger partial charge in [-0.25, -0.2) is 0 Å². The van der Waals surface area contributed by atoms with Crippen LogP contribution in [0.15, 0.2) is 59.1 Å². The summed E-state index contributed by atoms with van der Waals surface area (Å²) in [6, 6.07) is 11.2. The minimum Gasteiger partial charge on any atom is -0.496 e. The van der Waals surface area contributed by atoms with Gasteiger partial charge < -0.3 is 9.64 Å². The van der Waals surface area contributed by atoms with Gasteiger partial charge in [-0.1, -0.05) is 39.1 Å². The first kappa shape index (κ1) is 24.2. The van der Waals surface area contributed by atoms with Gasteiger partial charge in [0.15, 0.2) is 0 Å². The molecule has 0 aliphatic carbocycles. The van der Waals surface area contributed by atoms with Crippen LogP contribution in [0, 0.1) is 10.1 Å². The van der Waals surface area contributed by atoms with Gasteiger partial charge in [0.25, 0.3) is 23.4 Å². The third-order valence-corrected chi connectivity index (χ3v) is 7.38. The van der Waals surface area contributed by atoms with E-state index in [2.05, 4.69) is 15.9 Å². The molecule has 12 heteroatoms. The lowest BCUT2D eigenvalue weighted by molar-refractivity contribution is -0.384. The molecular formula is C24H14BrCl2N3O6. The molecule has 36 heavy (non-hydrogen) atoms. The van der Waals surface area contributed by atoms with Crippen molar-refractivity contribution in [2.24, 2.45) is 0 Å². The lowest BCUT2D eigenvalue weighted by Gasteiger charge is -2.50. The number of halogens is 3. The predicted molar refractivity (Wildman–Crippen MR) is 135 cm³/mol. The Balaban J connectivity index is 1.64. The summed E-state index contributed by atoms with van der Waals surface area (Å²) < 4.78 is 6.20. The Kier molecular flexibility index (Phi) is 5.98. The number of rotatable bonds is 5. The highest BCUT2D eigenvalue weighted by Gasteiger charge is 2.58. The third-order valence-electron chi connectivity index (χ3n) is 6.15. The Bertz CT molecular complexity index is 1500. The number of fused-ring (bicyclic) bond motifs is 1. The number of nitro groups is 1. The van der Waals surface area contributed by atoms with E-state index < -0.39 is 34.7 Å². The molecule has 0 radical (unpaired) electrons. The smallest absolute Gasteiger partial charge is 0.270 e. The summed E-state index contributed by atoms with van der Waals surface area (Å²) in [5.41, 5.74) is 0.468. The monoisotopic (exact) mass is 589 g/mol. The summed E-state index contributed by atoms with van der Waals surface area (Å²) in [6.07, 6.45) is 0. The number of hydrogen-bond acceptors (Lipinski definition) is 6. The van der Waals surface area contributed by atoms with Gasteiger partial charge in [0.05, 0.1) is 39.2 Å². The molecule has 3 aromatic carbocycles. The second kappa shape index (κ2) is 8.88. The molecule has 1 fully saturated rings. The van der Waals surface area contributed by atoms with E-state index >= 15 is 0 Å². The van der Waals surface area contributed by atoms with Crippen LogP contribution in [-0.4, -0.2) is 40.7 Å². The SMILES string of the molecule is COc1ccc(Br)cc1[C@@H]1[C@H](N2C(=O)c3ccc([N+](=O)[O-])cc3C2=O)C(=O)N1c1ccc(Cl)c(Cl)c1. The maximum atomic E-state index is 13.6. The van der Waals surface area contributed by atoms with Crippen molar-refractivity contribution in [3.05, 3.63) is 95.9 Å². The van der Waals surface area contributed by atoms with Crippen molar-refractivity contribution in [3.8, 4) is 5.75 Å². The summed E-state index contributed by atoms with van der Waals surface area (Å²) >= 11 is 15.7. The molecule has 1 saturated heterocycles. The number of carbonyl (C=O) groups excluding carboxylic acids is 3. The van der Waals surface area contributed by atoms with Crippen LogP contribution in [-0.2, 0) is 4.79 Å².